The second-order valence-corrected chi connectivity index (χ2v) is 8.88. The summed E-state index contributed by atoms with van der Waals surface area (Å²) in [6, 6.07) is 8.09. The highest BCUT2D eigenvalue weighted by Gasteiger charge is 2.43. The number of amides is 1. The number of benzene rings is 1. The van der Waals surface area contributed by atoms with E-state index in [0.29, 0.717) is 0 Å². The number of para-hydroxylation sites is 1. The molecule has 0 aliphatic carbocycles. The summed E-state index contributed by atoms with van der Waals surface area (Å²) in [7, 11) is 3.33. The summed E-state index contributed by atoms with van der Waals surface area (Å²) in [4.78, 5) is 16.0. The third kappa shape index (κ3) is 2.10. The fraction of sp³-hybridized carbons (Fsp3) is 0.375. The average Bonchev–Trinajstić information content (AvgIpc) is 2.81. The molecule has 5 heteroatoms. The van der Waals surface area contributed by atoms with Crippen molar-refractivity contribution in [3.63, 3.8) is 0 Å². The predicted octanol–water partition coefficient (Wildman–Crippen LogP) is 5.44. The SMILES string of the molecule is CC(C)C(=O)N1c2ccccc2-c2c(ssc2=S)C1(C)C. The first-order valence-electron chi connectivity index (χ1n) is 6.92. The normalized spacial score (nSPS) is 15.8. The lowest BCUT2D eigenvalue weighted by Crippen LogP contribution is -2.49. The Labute approximate surface area is 137 Å². The van der Waals surface area contributed by atoms with Gasteiger partial charge in [0.1, 0.15) is 3.82 Å². The summed E-state index contributed by atoms with van der Waals surface area (Å²) in [5.74, 6) is 0.118. The van der Waals surface area contributed by atoms with Gasteiger partial charge in [-0.2, -0.15) is 0 Å². The summed E-state index contributed by atoms with van der Waals surface area (Å²) in [5, 5.41) is 0. The number of carbonyl (C=O) groups is 1. The molecule has 1 amide bonds. The molecule has 0 saturated carbocycles. The molecule has 110 valence electrons. The van der Waals surface area contributed by atoms with Gasteiger partial charge < -0.3 is 4.90 Å². The van der Waals surface area contributed by atoms with Gasteiger partial charge >= 0.3 is 0 Å². The van der Waals surface area contributed by atoms with Crippen molar-refractivity contribution >= 4 is 44.5 Å². The summed E-state index contributed by atoms with van der Waals surface area (Å²) >= 11 is 5.53. The Hall–Kier alpha value is -1.04. The summed E-state index contributed by atoms with van der Waals surface area (Å²) in [6.07, 6.45) is 0. The van der Waals surface area contributed by atoms with Crippen LogP contribution >= 0.6 is 32.9 Å². The van der Waals surface area contributed by atoms with Gasteiger partial charge in [-0.25, -0.2) is 0 Å². The van der Waals surface area contributed by atoms with E-state index in [1.54, 1.807) is 20.7 Å². The lowest BCUT2D eigenvalue weighted by Gasteiger charge is -2.43. The van der Waals surface area contributed by atoms with Crippen LogP contribution in [0.2, 0.25) is 0 Å². The van der Waals surface area contributed by atoms with Crippen molar-refractivity contribution in [3.05, 3.63) is 33.0 Å². The Morgan fingerprint density at radius 1 is 1.24 bits per heavy atom. The minimum Gasteiger partial charge on any atom is -0.301 e. The van der Waals surface area contributed by atoms with Crippen molar-refractivity contribution < 1.29 is 4.79 Å². The van der Waals surface area contributed by atoms with Crippen LogP contribution in [0.25, 0.3) is 11.1 Å². The van der Waals surface area contributed by atoms with E-state index in [0.717, 1.165) is 20.6 Å². The molecule has 1 aliphatic heterocycles. The first kappa shape index (κ1) is 14.9. The highest BCUT2D eigenvalue weighted by molar-refractivity contribution is 7.80. The van der Waals surface area contributed by atoms with Crippen molar-refractivity contribution in [2.45, 2.75) is 33.2 Å². The van der Waals surface area contributed by atoms with E-state index >= 15 is 0 Å². The first-order valence-corrected chi connectivity index (χ1v) is 9.48. The number of rotatable bonds is 1. The van der Waals surface area contributed by atoms with E-state index in [4.69, 9.17) is 12.2 Å². The quantitative estimate of drug-likeness (QED) is 0.510. The summed E-state index contributed by atoms with van der Waals surface area (Å²) in [5.41, 5.74) is 2.85. The molecule has 1 aliphatic rings. The van der Waals surface area contributed by atoms with Crippen LogP contribution < -0.4 is 4.90 Å². The molecule has 0 unspecified atom stereocenters. The van der Waals surface area contributed by atoms with E-state index < -0.39 is 0 Å². The van der Waals surface area contributed by atoms with E-state index in [2.05, 4.69) is 19.9 Å². The molecule has 0 bridgehead atoms. The number of hydrogen-bond acceptors (Lipinski definition) is 4. The second-order valence-electron chi connectivity index (χ2n) is 6.06. The van der Waals surface area contributed by atoms with Crippen LogP contribution in [0, 0.1) is 9.74 Å². The summed E-state index contributed by atoms with van der Waals surface area (Å²) in [6.45, 7) is 8.12. The number of carbonyl (C=O) groups excluding carboxylic acids is 1. The highest BCUT2D eigenvalue weighted by Crippen LogP contribution is 2.52. The van der Waals surface area contributed by atoms with Crippen molar-refractivity contribution in [1.82, 2.24) is 0 Å². The average molecular weight is 336 g/mol. The number of anilines is 1. The molecule has 0 fully saturated rings. The van der Waals surface area contributed by atoms with Gasteiger partial charge in [0.2, 0.25) is 5.91 Å². The molecule has 0 radical (unpaired) electrons. The van der Waals surface area contributed by atoms with Crippen molar-refractivity contribution in [2.75, 3.05) is 4.90 Å². The number of nitrogens with zero attached hydrogens (tertiary/aromatic N) is 1. The molecular weight excluding hydrogens is 318 g/mol. The maximum atomic E-state index is 12.8. The van der Waals surface area contributed by atoms with Crippen LogP contribution in [0.15, 0.2) is 24.3 Å². The lowest BCUT2D eigenvalue weighted by molar-refractivity contribution is -0.122. The molecule has 0 atom stereocenters. The maximum absolute atomic E-state index is 12.8. The number of hydrogen-bond donors (Lipinski definition) is 0. The van der Waals surface area contributed by atoms with Gasteiger partial charge in [-0.15, -0.1) is 0 Å². The zero-order valence-corrected chi connectivity index (χ0v) is 14.9. The largest absolute Gasteiger partial charge is 0.301 e. The van der Waals surface area contributed by atoms with Gasteiger partial charge in [-0.05, 0) is 19.9 Å². The van der Waals surface area contributed by atoms with Crippen LogP contribution in [0.3, 0.4) is 0 Å². The van der Waals surface area contributed by atoms with Gasteiger partial charge in [0, 0.05) is 17.0 Å². The minimum absolute atomic E-state index is 0.0366. The first-order chi connectivity index (χ1) is 9.85. The zero-order chi connectivity index (χ0) is 15.4. The minimum atomic E-state index is -0.358. The van der Waals surface area contributed by atoms with Gasteiger partial charge in [-0.3, -0.25) is 4.79 Å². The Balaban J connectivity index is 2.35. The Morgan fingerprint density at radius 2 is 1.90 bits per heavy atom. The Bertz CT molecular complexity index is 770. The van der Waals surface area contributed by atoms with E-state index in [9.17, 15) is 4.79 Å². The van der Waals surface area contributed by atoms with Gasteiger partial charge in [0.05, 0.1) is 16.1 Å². The predicted molar refractivity (Wildman–Crippen MR) is 93.8 cm³/mol. The number of fused-ring (bicyclic) bond motifs is 3. The smallest absolute Gasteiger partial charge is 0.230 e. The monoisotopic (exact) mass is 335 g/mol. The molecule has 3 rings (SSSR count). The van der Waals surface area contributed by atoms with Gasteiger partial charge in [0.15, 0.2) is 0 Å². The van der Waals surface area contributed by atoms with Crippen LogP contribution in [0.5, 0.6) is 0 Å². The summed E-state index contributed by atoms with van der Waals surface area (Å²) < 4.78 is 0.923. The third-order valence-corrected chi connectivity index (χ3v) is 7.20. The Morgan fingerprint density at radius 3 is 2.57 bits per heavy atom. The zero-order valence-electron chi connectivity index (χ0n) is 12.5. The maximum Gasteiger partial charge on any atom is 0.230 e. The Kier molecular flexibility index (Phi) is 3.55. The molecule has 0 saturated heterocycles. The molecule has 0 N–H and O–H groups in total. The third-order valence-electron chi connectivity index (χ3n) is 3.88. The molecule has 2 nitrogen and oxygen atoms in total. The fourth-order valence-electron chi connectivity index (χ4n) is 2.83. The molecule has 21 heavy (non-hydrogen) atoms. The van der Waals surface area contributed by atoms with Crippen molar-refractivity contribution in [1.29, 1.82) is 0 Å². The van der Waals surface area contributed by atoms with E-state index in [1.807, 2.05) is 36.9 Å². The highest BCUT2D eigenvalue weighted by atomic mass is 32.9. The van der Waals surface area contributed by atoms with E-state index in [1.165, 1.54) is 4.88 Å². The molecule has 1 aromatic carbocycles. The van der Waals surface area contributed by atoms with Gasteiger partial charge in [-0.1, -0.05) is 64.9 Å². The van der Waals surface area contributed by atoms with Crippen molar-refractivity contribution in [2.24, 2.45) is 5.92 Å². The second kappa shape index (κ2) is 5.00. The van der Waals surface area contributed by atoms with Crippen LogP contribution in [0.1, 0.15) is 32.6 Å². The molecule has 2 aromatic rings. The van der Waals surface area contributed by atoms with E-state index in [-0.39, 0.29) is 17.4 Å². The van der Waals surface area contributed by atoms with Gasteiger partial charge in [0.25, 0.3) is 0 Å². The molecule has 2 heterocycles. The molecule has 1 aromatic heterocycles. The van der Waals surface area contributed by atoms with Crippen LogP contribution in [-0.2, 0) is 10.3 Å². The van der Waals surface area contributed by atoms with Crippen molar-refractivity contribution in [3.8, 4) is 11.1 Å². The van der Waals surface area contributed by atoms with Crippen LogP contribution in [-0.4, -0.2) is 5.91 Å². The van der Waals surface area contributed by atoms with Crippen LogP contribution in [0.4, 0.5) is 5.69 Å². The fourth-order valence-corrected chi connectivity index (χ4v) is 6.11. The standard InChI is InChI=1S/C16H17NOS3/c1-9(2)14(18)17-11-8-6-5-7-10(11)12-13(16(17,3)4)20-21-15(12)19/h5-9H,1-4H3. The molecule has 0 spiro atoms. The lowest BCUT2D eigenvalue weighted by atomic mass is 9.86. The molecular formula is C16H17NOS3. The topological polar surface area (TPSA) is 20.3 Å².